The van der Waals surface area contributed by atoms with E-state index in [-0.39, 0.29) is 0 Å². The lowest BCUT2D eigenvalue weighted by atomic mass is 10.1. The number of nitrogens with zero attached hydrogens (tertiary/aromatic N) is 1. The fraction of sp³-hybridized carbons (Fsp3) is 0.300. The Hall–Kier alpha value is -0.340. The summed E-state index contributed by atoms with van der Waals surface area (Å²) in [6.07, 6.45) is 1.23. The van der Waals surface area contributed by atoms with Crippen molar-refractivity contribution in [1.82, 2.24) is 0 Å². The van der Waals surface area contributed by atoms with Crippen LogP contribution in [0.4, 0.5) is 5.69 Å². The Morgan fingerprint density at radius 2 is 2.23 bits per heavy atom. The Balaban J connectivity index is 2.21. The van der Waals surface area contributed by atoms with Crippen LogP contribution >= 0.6 is 27.5 Å². The van der Waals surface area contributed by atoms with Gasteiger partial charge in [0.05, 0.1) is 10.3 Å². The fourth-order valence-electron chi connectivity index (χ4n) is 1.93. The predicted molar refractivity (Wildman–Crippen MR) is 58.3 cm³/mol. The molecule has 0 saturated heterocycles. The number of fused-ring (bicyclic) bond motifs is 3. The summed E-state index contributed by atoms with van der Waals surface area (Å²) in [5.74, 6) is 1.34. The third kappa shape index (κ3) is 1.16. The summed E-state index contributed by atoms with van der Waals surface area (Å²) in [7, 11) is 0. The first-order valence-electron chi connectivity index (χ1n) is 4.29. The SMILES string of the molecule is Clc1ccc2c(c1)N=C(Br)C1CC21. The van der Waals surface area contributed by atoms with Gasteiger partial charge in [0.1, 0.15) is 0 Å². The van der Waals surface area contributed by atoms with Crippen molar-refractivity contribution in [2.24, 2.45) is 10.9 Å². The molecule has 1 saturated carbocycles. The van der Waals surface area contributed by atoms with Crippen molar-refractivity contribution in [3.63, 3.8) is 0 Å². The molecule has 0 amide bonds. The van der Waals surface area contributed by atoms with Gasteiger partial charge in [-0.1, -0.05) is 17.7 Å². The van der Waals surface area contributed by atoms with Crippen molar-refractivity contribution in [1.29, 1.82) is 0 Å². The van der Waals surface area contributed by atoms with E-state index in [9.17, 15) is 0 Å². The second kappa shape index (κ2) is 2.58. The summed E-state index contributed by atoms with van der Waals surface area (Å²) in [5, 5.41) is 0.766. The van der Waals surface area contributed by atoms with Gasteiger partial charge in [0.2, 0.25) is 0 Å². The minimum Gasteiger partial charge on any atom is -0.245 e. The number of hydrogen-bond acceptors (Lipinski definition) is 1. The van der Waals surface area contributed by atoms with Crippen LogP contribution in [0.3, 0.4) is 0 Å². The summed E-state index contributed by atoms with van der Waals surface area (Å²) < 4.78 is 1.09. The van der Waals surface area contributed by atoms with Crippen molar-refractivity contribution in [3.8, 4) is 0 Å². The lowest BCUT2D eigenvalue weighted by Gasteiger charge is -2.11. The molecule has 2 atom stereocenters. The van der Waals surface area contributed by atoms with Crippen molar-refractivity contribution >= 4 is 37.8 Å². The van der Waals surface area contributed by atoms with E-state index < -0.39 is 0 Å². The molecule has 1 aromatic carbocycles. The zero-order chi connectivity index (χ0) is 9.00. The average molecular weight is 257 g/mol. The maximum Gasteiger partial charge on any atom is 0.0873 e. The van der Waals surface area contributed by atoms with Crippen LogP contribution in [0.1, 0.15) is 17.9 Å². The molecule has 1 nitrogen and oxygen atoms in total. The van der Waals surface area contributed by atoms with Gasteiger partial charge in [-0.2, -0.15) is 0 Å². The van der Waals surface area contributed by atoms with Crippen LogP contribution in [0.2, 0.25) is 5.02 Å². The van der Waals surface area contributed by atoms with E-state index in [0.717, 1.165) is 15.3 Å². The highest BCUT2D eigenvalue weighted by molar-refractivity contribution is 9.18. The second-order valence-electron chi connectivity index (χ2n) is 3.59. The van der Waals surface area contributed by atoms with Crippen LogP contribution in [-0.2, 0) is 0 Å². The minimum atomic E-state index is 0.647. The average Bonchev–Trinajstić information content (AvgIpc) is 2.83. The Bertz CT molecular complexity index is 413. The lowest BCUT2D eigenvalue weighted by molar-refractivity contribution is 1.04. The smallest absolute Gasteiger partial charge is 0.0873 e. The van der Waals surface area contributed by atoms with Gasteiger partial charge in [-0.25, -0.2) is 4.99 Å². The van der Waals surface area contributed by atoms with Gasteiger partial charge in [0, 0.05) is 10.9 Å². The maximum absolute atomic E-state index is 5.90. The molecule has 0 aromatic heterocycles. The van der Waals surface area contributed by atoms with Crippen LogP contribution in [0.25, 0.3) is 0 Å². The van der Waals surface area contributed by atoms with Crippen LogP contribution in [0.5, 0.6) is 0 Å². The van der Waals surface area contributed by atoms with Crippen LogP contribution in [0, 0.1) is 5.92 Å². The monoisotopic (exact) mass is 255 g/mol. The molecule has 1 aliphatic heterocycles. The van der Waals surface area contributed by atoms with Gasteiger partial charge >= 0.3 is 0 Å². The summed E-state index contributed by atoms with van der Waals surface area (Å²) in [5.41, 5.74) is 2.40. The van der Waals surface area contributed by atoms with Gasteiger partial charge < -0.3 is 0 Å². The zero-order valence-electron chi connectivity index (χ0n) is 6.80. The first-order valence-corrected chi connectivity index (χ1v) is 5.46. The summed E-state index contributed by atoms with van der Waals surface area (Å²) >= 11 is 9.40. The van der Waals surface area contributed by atoms with E-state index in [1.165, 1.54) is 12.0 Å². The maximum atomic E-state index is 5.90. The number of halogens is 2. The van der Waals surface area contributed by atoms with Crippen molar-refractivity contribution < 1.29 is 0 Å². The third-order valence-corrected chi connectivity index (χ3v) is 3.72. The van der Waals surface area contributed by atoms with E-state index in [2.05, 4.69) is 27.0 Å². The zero-order valence-corrected chi connectivity index (χ0v) is 9.14. The molecule has 13 heavy (non-hydrogen) atoms. The van der Waals surface area contributed by atoms with E-state index in [1.54, 1.807) is 0 Å². The van der Waals surface area contributed by atoms with Crippen molar-refractivity contribution in [2.75, 3.05) is 0 Å². The molecular formula is C10H7BrClN. The fourth-order valence-corrected chi connectivity index (χ4v) is 2.79. The van der Waals surface area contributed by atoms with E-state index in [4.69, 9.17) is 11.6 Å². The Morgan fingerprint density at radius 3 is 3.08 bits per heavy atom. The van der Waals surface area contributed by atoms with Gasteiger partial charge in [0.25, 0.3) is 0 Å². The molecule has 1 aromatic rings. The molecule has 0 N–H and O–H groups in total. The summed E-state index contributed by atoms with van der Waals surface area (Å²) in [4.78, 5) is 4.48. The number of rotatable bonds is 0. The highest BCUT2D eigenvalue weighted by Crippen LogP contribution is 2.55. The molecule has 0 radical (unpaired) electrons. The highest BCUT2D eigenvalue weighted by Gasteiger charge is 2.44. The van der Waals surface area contributed by atoms with Gasteiger partial charge in [-0.3, -0.25) is 0 Å². The standard InChI is InChI=1S/C10H7BrClN/c11-10-8-4-7(8)6-2-1-5(12)3-9(6)13-10/h1-3,7-8H,4H2. The van der Waals surface area contributed by atoms with Gasteiger partial charge in [-0.15, -0.1) is 0 Å². The first kappa shape index (κ1) is 8.01. The highest BCUT2D eigenvalue weighted by atomic mass is 79.9. The van der Waals surface area contributed by atoms with Crippen LogP contribution in [-0.4, -0.2) is 4.62 Å². The molecule has 2 unspecified atom stereocenters. The molecule has 0 bridgehead atoms. The molecule has 1 aliphatic carbocycles. The molecular weight excluding hydrogens is 249 g/mol. The quantitative estimate of drug-likeness (QED) is 0.668. The Kier molecular flexibility index (Phi) is 1.59. The number of benzene rings is 1. The first-order chi connectivity index (χ1) is 6.25. The molecule has 66 valence electrons. The normalized spacial score (nSPS) is 28.9. The molecule has 3 rings (SSSR count). The lowest BCUT2D eigenvalue weighted by Crippen LogP contribution is -1.98. The third-order valence-electron chi connectivity index (χ3n) is 2.72. The minimum absolute atomic E-state index is 0.647. The van der Waals surface area contributed by atoms with Crippen LogP contribution < -0.4 is 0 Å². The van der Waals surface area contributed by atoms with Gasteiger partial charge in [-0.05, 0) is 46.0 Å². The van der Waals surface area contributed by atoms with E-state index in [1.807, 2.05) is 12.1 Å². The predicted octanol–water partition coefficient (Wildman–Crippen LogP) is 3.88. The van der Waals surface area contributed by atoms with Crippen molar-refractivity contribution in [2.45, 2.75) is 12.3 Å². The Labute approximate surface area is 89.9 Å². The second-order valence-corrected chi connectivity index (χ2v) is 4.84. The molecule has 2 aliphatic rings. The largest absolute Gasteiger partial charge is 0.245 e. The number of aliphatic imine (C=N–C) groups is 1. The van der Waals surface area contributed by atoms with E-state index >= 15 is 0 Å². The Morgan fingerprint density at radius 1 is 1.38 bits per heavy atom. The molecule has 1 fully saturated rings. The molecule has 3 heteroatoms. The topological polar surface area (TPSA) is 12.4 Å². The van der Waals surface area contributed by atoms with Crippen molar-refractivity contribution in [3.05, 3.63) is 28.8 Å². The molecule has 0 spiro atoms. The van der Waals surface area contributed by atoms with Gasteiger partial charge in [0.15, 0.2) is 0 Å². The summed E-state index contributed by atoms with van der Waals surface area (Å²) in [6.45, 7) is 0. The molecule has 1 heterocycles. The number of hydrogen-bond donors (Lipinski definition) is 0. The van der Waals surface area contributed by atoms with Crippen LogP contribution in [0.15, 0.2) is 23.2 Å². The van der Waals surface area contributed by atoms with E-state index in [0.29, 0.717) is 11.8 Å². The summed E-state index contributed by atoms with van der Waals surface area (Å²) in [6, 6.07) is 5.99.